The van der Waals surface area contributed by atoms with Gasteiger partial charge < -0.3 is 14.2 Å². The van der Waals surface area contributed by atoms with Gasteiger partial charge in [-0.1, -0.05) is 24.3 Å². The van der Waals surface area contributed by atoms with Crippen LogP contribution in [0.2, 0.25) is 0 Å². The van der Waals surface area contributed by atoms with Gasteiger partial charge in [-0.05, 0) is 53.6 Å². The maximum absolute atomic E-state index is 11.6. The maximum atomic E-state index is 11.6. The van der Waals surface area contributed by atoms with E-state index in [1.807, 2.05) is 42.5 Å². The summed E-state index contributed by atoms with van der Waals surface area (Å²) in [5.41, 5.74) is 3.78. The van der Waals surface area contributed by atoms with Gasteiger partial charge in [-0.2, -0.15) is 0 Å². The van der Waals surface area contributed by atoms with Gasteiger partial charge in [-0.25, -0.2) is 13.6 Å². The summed E-state index contributed by atoms with van der Waals surface area (Å²) >= 11 is 0. The number of benzene rings is 3. The van der Waals surface area contributed by atoms with Crippen LogP contribution >= 0.6 is 0 Å². The summed E-state index contributed by atoms with van der Waals surface area (Å²) < 4.78 is 40.9. The Morgan fingerprint density at radius 1 is 0.767 bits per heavy atom. The zero-order valence-electron chi connectivity index (χ0n) is 16.0. The van der Waals surface area contributed by atoms with Crippen LogP contribution in [-0.4, -0.2) is 21.6 Å². The molecule has 0 radical (unpaired) electrons. The average molecular weight is 421 g/mol. The first-order valence-corrected chi connectivity index (χ1v) is 11.1. The van der Waals surface area contributed by atoms with Gasteiger partial charge in [0.1, 0.15) is 24.7 Å². The fourth-order valence-corrected chi connectivity index (χ4v) is 4.20. The van der Waals surface area contributed by atoms with Crippen molar-refractivity contribution in [3.63, 3.8) is 0 Å². The maximum Gasteiger partial charge on any atom is 0.238 e. The third kappa shape index (κ3) is 3.42. The number of rotatable bonds is 3. The Bertz CT molecular complexity index is 1260. The van der Waals surface area contributed by atoms with E-state index in [4.69, 9.17) is 19.3 Å². The van der Waals surface area contributed by atoms with Crippen molar-refractivity contribution in [2.45, 2.75) is 11.3 Å². The van der Waals surface area contributed by atoms with E-state index in [1.54, 1.807) is 12.1 Å². The molecule has 2 aliphatic heterocycles. The van der Waals surface area contributed by atoms with E-state index >= 15 is 0 Å². The molecule has 2 N–H and O–H groups in total. The number of primary sulfonamides is 1. The monoisotopic (exact) mass is 421 g/mol. The van der Waals surface area contributed by atoms with Gasteiger partial charge in [0.15, 0.2) is 11.5 Å². The Labute approximate surface area is 174 Å². The molecule has 0 saturated heterocycles. The third-order valence-electron chi connectivity index (χ3n) is 5.16. The van der Waals surface area contributed by atoms with Gasteiger partial charge >= 0.3 is 0 Å². The molecule has 3 aromatic rings. The van der Waals surface area contributed by atoms with Crippen LogP contribution in [0.5, 0.6) is 17.2 Å². The first-order valence-electron chi connectivity index (χ1n) is 9.51. The quantitative estimate of drug-likeness (QED) is 0.698. The highest BCUT2D eigenvalue weighted by molar-refractivity contribution is 7.89. The summed E-state index contributed by atoms with van der Waals surface area (Å²) in [4.78, 5) is 0.0592. The van der Waals surface area contributed by atoms with Crippen LogP contribution < -0.4 is 19.3 Å². The van der Waals surface area contributed by atoms with E-state index in [0.717, 1.165) is 33.8 Å². The minimum atomic E-state index is -3.76. The number of hydrogen-bond donors (Lipinski definition) is 1. The van der Waals surface area contributed by atoms with Gasteiger partial charge in [0.2, 0.25) is 10.0 Å². The smallest absolute Gasteiger partial charge is 0.238 e. The fourth-order valence-electron chi connectivity index (χ4n) is 3.69. The largest absolute Gasteiger partial charge is 0.486 e. The van der Waals surface area contributed by atoms with Crippen LogP contribution in [0.1, 0.15) is 16.7 Å². The lowest BCUT2D eigenvalue weighted by Crippen LogP contribution is -2.16. The van der Waals surface area contributed by atoms with Gasteiger partial charge in [0.05, 0.1) is 4.90 Å². The molecule has 5 rings (SSSR count). The molecule has 0 aromatic heterocycles. The molecule has 30 heavy (non-hydrogen) atoms. The van der Waals surface area contributed by atoms with Crippen molar-refractivity contribution in [1.29, 1.82) is 0 Å². The second-order valence-corrected chi connectivity index (χ2v) is 8.68. The Morgan fingerprint density at radius 2 is 1.47 bits per heavy atom. The van der Waals surface area contributed by atoms with Crippen LogP contribution in [0, 0.1) is 0 Å². The summed E-state index contributed by atoms with van der Waals surface area (Å²) in [5.74, 6) is 2.88. The van der Waals surface area contributed by atoms with E-state index in [-0.39, 0.29) is 4.90 Å². The van der Waals surface area contributed by atoms with Crippen molar-refractivity contribution in [3.8, 4) is 17.2 Å². The van der Waals surface area contributed by atoms with Crippen molar-refractivity contribution in [1.82, 2.24) is 0 Å². The lowest BCUT2D eigenvalue weighted by Gasteiger charge is -2.25. The molecule has 2 aliphatic rings. The van der Waals surface area contributed by atoms with E-state index in [1.165, 1.54) is 12.1 Å². The van der Waals surface area contributed by atoms with Gasteiger partial charge in [0.25, 0.3) is 0 Å². The molecule has 0 unspecified atom stereocenters. The standard InChI is InChI=1S/C23H19NO5S/c24-30(25,26)18-8-5-15(6-9-18)23-19(13-17-3-1-2-4-20(17)29-23)16-7-10-21-22(14-16)28-12-11-27-21/h1-10,14H,11-13H2,(H2,24,25,26). The highest BCUT2D eigenvalue weighted by Crippen LogP contribution is 2.41. The number of ether oxygens (including phenoxy) is 3. The SMILES string of the molecule is NS(=O)(=O)c1ccc(C2=C(c3ccc4c(c3)OCCO4)Cc3ccccc3O2)cc1. The first kappa shape index (κ1) is 18.7. The summed E-state index contributed by atoms with van der Waals surface area (Å²) in [6, 6.07) is 20.1. The molecule has 0 aliphatic carbocycles. The zero-order chi connectivity index (χ0) is 20.7. The number of fused-ring (bicyclic) bond motifs is 2. The summed E-state index contributed by atoms with van der Waals surface area (Å²) in [6.45, 7) is 1.05. The number of hydrogen-bond acceptors (Lipinski definition) is 5. The molecule has 0 spiro atoms. The molecule has 152 valence electrons. The van der Waals surface area contributed by atoms with Crippen molar-refractivity contribution >= 4 is 21.4 Å². The minimum Gasteiger partial charge on any atom is -0.486 e. The van der Waals surface area contributed by atoms with Crippen LogP contribution in [0.3, 0.4) is 0 Å². The molecule has 0 saturated carbocycles. The molecule has 3 aromatic carbocycles. The van der Waals surface area contributed by atoms with Crippen LogP contribution in [0.4, 0.5) is 0 Å². The van der Waals surface area contributed by atoms with E-state index in [0.29, 0.717) is 31.1 Å². The Kier molecular flexibility index (Phi) is 4.49. The summed E-state index contributed by atoms with van der Waals surface area (Å²) in [6.07, 6.45) is 0.669. The second kappa shape index (κ2) is 7.19. The summed E-state index contributed by atoms with van der Waals surface area (Å²) in [7, 11) is -3.76. The highest BCUT2D eigenvalue weighted by atomic mass is 32.2. The van der Waals surface area contributed by atoms with Crippen molar-refractivity contribution in [2.75, 3.05) is 13.2 Å². The molecule has 2 heterocycles. The van der Waals surface area contributed by atoms with E-state index in [9.17, 15) is 8.42 Å². The molecule has 0 atom stereocenters. The lowest BCUT2D eigenvalue weighted by atomic mass is 9.92. The molecule has 7 heteroatoms. The van der Waals surface area contributed by atoms with Crippen LogP contribution in [0.25, 0.3) is 11.3 Å². The molecular weight excluding hydrogens is 402 g/mol. The van der Waals surface area contributed by atoms with Crippen LogP contribution in [0.15, 0.2) is 71.6 Å². The molecule has 0 fully saturated rings. The second-order valence-electron chi connectivity index (χ2n) is 7.12. The third-order valence-corrected chi connectivity index (χ3v) is 6.09. The minimum absolute atomic E-state index is 0.0592. The molecule has 6 nitrogen and oxygen atoms in total. The average Bonchev–Trinajstić information content (AvgIpc) is 2.77. The lowest BCUT2D eigenvalue weighted by molar-refractivity contribution is 0.171. The molecule has 0 amide bonds. The Morgan fingerprint density at radius 3 is 2.23 bits per heavy atom. The van der Waals surface area contributed by atoms with E-state index < -0.39 is 10.0 Å². The zero-order valence-corrected chi connectivity index (χ0v) is 16.8. The molecular formula is C23H19NO5S. The Balaban J connectivity index is 1.64. The summed E-state index contributed by atoms with van der Waals surface area (Å²) in [5, 5.41) is 5.23. The predicted octanol–water partition coefficient (Wildman–Crippen LogP) is 3.61. The first-order chi connectivity index (χ1) is 14.5. The number of nitrogens with two attached hydrogens (primary N) is 1. The number of para-hydroxylation sites is 1. The normalized spacial score (nSPS) is 15.4. The van der Waals surface area contributed by atoms with E-state index in [2.05, 4.69) is 0 Å². The van der Waals surface area contributed by atoms with Gasteiger partial charge in [0, 0.05) is 17.6 Å². The van der Waals surface area contributed by atoms with Crippen molar-refractivity contribution < 1.29 is 22.6 Å². The van der Waals surface area contributed by atoms with Crippen molar-refractivity contribution in [2.24, 2.45) is 5.14 Å². The molecule has 0 bridgehead atoms. The predicted molar refractivity (Wildman–Crippen MR) is 113 cm³/mol. The topological polar surface area (TPSA) is 87.9 Å². The highest BCUT2D eigenvalue weighted by Gasteiger charge is 2.24. The number of allylic oxidation sites excluding steroid dienone is 1. The number of sulfonamides is 1. The van der Waals surface area contributed by atoms with Gasteiger partial charge in [-0.3, -0.25) is 0 Å². The Hall–Kier alpha value is -3.29. The van der Waals surface area contributed by atoms with Crippen molar-refractivity contribution in [3.05, 3.63) is 83.4 Å². The van der Waals surface area contributed by atoms with Crippen LogP contribution in [-0.2, 0) is 16.4 Å². The van der Waals surface area contributed by atoms with Gasteiger partial charge in [-0.15, -0.1) is 0 Å². The fraction of sp³-hybridized carbons (Fsp3) is 0.130.